The predicted molar refractivity (Wildman–Crippen MR) is 77.8 cm³/mol. The Bertz CT molecular complexity index is 631. The van der Waals surface area contributed by atoms with E-state index in [0.717, 1.165) is 11.3 Å². The van der Waals surface area contributed by atoms with E-state index in [9.17, 15) is 5.11 Å². The summed E-state index contributed by atoms with van der Waals surface area (Å²) in [5.41, 5.74) is 3.57. The summed E-state index contributed by atoms with van der Waals surface area (Å²) in [6.45, 7) is 0. The van der Waals surface area contributed by atoms with Crippen molar-refractivity contribution in [2.75, 3.05) is 0 Å². The van der Waals surface area contributed by atoms with Gasteiger partial charge in [-0.15, -0.1) is 0 Å². The van der Waals surface area contributed by atoms with E-state index in [1.165, 1.54) is 24.0 Å². The third-order valence-corrected chi connectivity index (χ3v) is 4.34. The molecule has 2 aromatic rings. The third-order valence-electron chi connectivity index (χ3n) is 4.34. The highest BCUT2D eigenvalue weighted by molar-refractivity contribution is 5.41. The molecule has 0 saturated heterocycles. The molecule has 4 rings (SSSR count). The Hall–Kier alpha value is -1.80. The highest BCUT2D eigenvalue weighted by Gasteiger charge is 2.32. The standard InChI is InChI=1S/C18H18O2/c19-16-11-18(20-17-8-4-3-7-15(16)17)14-6-2-1-5-13(14)12-9-10-12/h1-8,12,16,18-19H,9-11H2. The Morgan fingerprint density at radius 3 is 2.25 bits per heavy atom. The van der Waals surface area contributed by atoms with Gasteiger partial charge in [0, 0.05) is 12.0 Å². The van der Waals surface area contributed by atoms with Gasteiger partial charge in [-0.1, -0.05) is 42.5 Å². The summed E-state index contributed by atoms with van der Waals surface area (Å²) in [6.07, 6.45) is 2.74. The maximum absolute atomic E-state index is 10.4. The van der Waals surface area contributed by atoms with Crippen molar-refractivity contribution in [3.8, 4) is 5.75 Å². The average Bonchev–Trinajstić information content (AvgIpc) is 3.32. The molecule has 1 saturated carbocycles. The summed E-state index contributed by atoms with van der Waals surface area (Å²) >= 11 is 0. The molecule has 102 valence electrons. The van der Waals surface area contributed by atoms with Gasteiger partial charge in [0.15, 0.2) is 0 Å². The summed E-state index contributed by atoms with van der Waals surface area (Å²) in [5.74, 6) is 1.52. The number of aliphatic hydroxyl groups excluding tert-OH is 1. The second-order valence-electron chi connectivity index (χ2n) is 5.80. The molecule has 2 unspecified atom stereocenters. The molecule has 0 spiro atoms. The van der Waals surface area contributed by atoms with Crippen molar-refractivity contribution in [3.63, 3.8) is 0 Å². The molecule has 0 amide bonds. The Balaban J connectivity index is 1.71. The van der Waals surface area contributed by atoms with E-state index < -0.39 is 6.10 Å². The molecule has 0 radical (unpaired) electrons. The van der Waals surface area contributed by atoms with Gasteiger partial charge in [-0.05, 0) is 36.0 Å². The van der Waals surface area contributed by atoms with Crippen LogP contribution in [0.1, 0.15) is 54.1 Å². The van der Waals surface area contributed by atoms with E-state index in [-0.39, 0.29) is 6.10 Å². The van der Waals surface area contributed by atoms with E-state index in [4.69, 9.17) is 4.74 Å². The summed E-state index contributed by atoms with van der Waals surface area (Å²) in [6, 6.07) is 16.3. The van der Waals surface area contributed by atoms with Crippen LogP contribution in [0.25, 0.3) is 0 Å². The molecule has 1 aliphatic carbocycles. The van der Waals surface area contributed by atoms with Crippen molar-refractivity contribution in [2.24, 2.45) is 0 Å². The highest BCUT2D eigenvalue weighted by atomic mass is 16.5. The van der Waals surface area contributed by atoms with Crippen LogP contribution in [-0.2, 0) is 0 Å². The van der Waals surface area contributed by atoms with Crippen LogP contribution in [0.2, 0.25) is 0 Å². The first kappa shape index (κ1) is 12.0. The van der Waals surface area contributed by atoms with Crippen LogP contribution in [0, 0.1) is 0 Å². The monoisotopic (exact) mass is 266 g/mol. The van der Waals surface area contributed by atoms with Gasteiger partial charge >= 0.3 is 0 Å². The number of rotatable bonds is 2. The smallest absolute Gasteiger partial charge is 0.127 e. The zero-order valence-corrected chi connectivity index (χ0v) is 11.3. The molecule has 2 nitrogen and oxygen atoms in total. The quantitative estimate of drug-likeness (QED) is 0.886. The molecule has 2 aromatic carbocycles. The Morgan fingerprint density at radius 1 is 0.850 bits per heavy atom. The van der Waals surface area contributed by atoms with Crippen molar-refractivity contribution in [1.82, 2.24) is 0 Å². The molecule has 0 aromatic heterocycles. The van der Waals surface area contributed by atoms with E-state index in [0.29, 0.717) is 12.3 Å². The fraction of sp³-hybridized carbons (Fsp3) is 0.333. The number of hydrogen-bond acceptors (Lipinski definition) is 2. The van der Waals surface area contributed by atoms with Gasteiger partial charge in [-0.3, -0.25) is 0 Å². The largest absolute Gasteiger partial charge is 0.485 e. The summed E-state index contributed by atoms with van der Waals surface area (Å²) in [5, 5.41) is 10.4. The van der Waals surface area contributed by atoms with Gasteiger partial charge in [0.1, 0.15) is 11.9 Å². The van der Waals surface area contributed by atoms with E-state index in [2.05, 4.69) is 24.3 Å². The molecule has 20 heavy (non-hydrogen) atoms. The molecule has 1 aliphatic heterocycles. The number of fused-ring (bicyclic) bond motifs is 1. The second-order valence-corrected chi connectivity index (χ2v) is 5.80. The highest BCUT2D eigenvalue weighted by Crippen LogP contribution is 2.47. The van der Waals surface area contributed by atoms with Crippen LogP contribution in [-0.4, -0.2) is 5.11 Å². The number of benzene rings is 2. The Kier molecular flexibility index (Phi) is 2.78. The van der Waals surface area contributed by atoms with Crippen molar-refractivity contribution in [1.29, 1.82) is 0 Å². The molecular formula is C18H18O2. The minimum absolute atomic E-state index is 0.0308. The summed E-state index contributed by atoms with van der Waals surface area (Å²) < 4.78 is 6.15. The SMILES string of the molecule is OC1CC(c2ccccc2C2CC2)Oc2ccccc21. The third kappa shape index (κ3) is 2.01. The molecule has 0 bridgehead atoms. The first-order valence-corrected chi connectivity index (χ1v) is 7.35. The fourth-order valence-electron chi connectivity index (χ4n) is 3.15. The number of para-hydroxylation sites is 1. The van der Waals surface area contributed by atoms with Crippen molar-refractivity contribution >= 4 is 0 Å². The van der Waals surface area contributed by atoms with Gasteiger partial charge < -0.3 is 9.84 Å². The number of aliphatic hydroxyl groups is 1. The zero-order valence-electron chi connectivity index (χ0n) is 11.3. The van der Waals surface area contributed by atoms with E-state index in [1.54, 1.807) is 0 Å². The lowest BCUT2D eigenvalue weighted by Crippen LogP contribution is -2.20. The summed E-state index contributed by atoms with van der Waals surface area (Å²) in [4.78, 5) is 0. The number of ether oxygens (including phenoxy) is 1. The average molecular weight is 266 g/mol. The van der Waals surface area contributed by atoms with Gasteiger partial charge in [-0.2, -0.15) is 0 Å². The molecule has 1 N–H and O–H groups in total. The zero-order chi connectivity index (χ0) is 13.5. The normalized spacial score (nSPS) is 24.9. The van der Waals surface area contributed by atoms with Crippen molar-refractivity contribution < 1.29 is 9.84 Å². The maximum Gasteiger partial charge on any atom is 0.127 e. The lowest BCUT2D eigenvalue weighted by atomic mass is 9.91. The summed E-state index contributed by atoms with van der Waals surface area (Å²) in [7, 11) is 0. The van der Waals surface area contributed by atoms with Gasteiger partial charge in [0.05, 0.1) is 6.10 Å². The first-order chi connectivity index (χ1) is 9.83. The van der Waals surface area contributed by atoms with Crippen molar-refractivity contribution in [2.45, 2.75) is 37.4 Å². The van der Waals surface area contributed by atoms with Crippen LogP contribution in [0.15, 0.2) is 48.5 Å². The van der Waals surface area contributed by atoms with Gasteiger partial charge in [-0.25, -0.2) is 0 Å². The maximum atomic E-state index is 10.4. The second kappa shape index (κ2) is 4.64. The first-order valence-electron chi connectivity index (χ1n) is 7.35. The molecular weight excluding hydrogens is 248 g/mol. The predicted octanol–water partition coefficient (Wildman–Crippen LogP) is 4.12. The van der Waals surface area contributed by atoms with E-state index in [1.807, 2.05) is 24.3 Å². The van der Waals surface area contributed by atoms with Gasteiger partial charge in [0.25, 0.3) is 0 Å². The topological polar surface area (TPSA) is 29.5 Å². The molecule has 1 heterocycles. The van der Waals surface area contributed by atoms with Gasteiger partial charge in [0.2, 0.25) is 0 Å². The van der Waals surface area contributed by atoms with Crippen LogP contribution < -0.4 is 4.74 Å². The minimum atomic E-state index is -0.433. The van der Waals surface area contributed by atoms with Crippen LogP contribution in [0.4, 0.5) is 0 Å². The van der Waals surface area contributed by atoms with E-state index >= 15 is 0 Å². The van der Waals surface area contributed by atoms with Crippen LogP contribution >= 0.6 is 0 Å². The molecule has 2 aliphatic rings. The molecule has 1 fully saturated rings. The molecule has 2 heteroatoms. The minimum Gasteiger partial charge on any atom is -0.485 e. The Labute approximate surface area is 119 Å². The van der Waals surface area contributed by atoms with Crippen LogP contribution in [0.5, 0.6) is 5.75 Å². The molecule has 2 atom stereocenters. The fourth-order valence-corrected chi connectivity index (χ4v) is 3.15. The Morgan fingerprint density at radius 2 is 1.50 bits per heavy atom. The van der Waals surface area contributed by atoms with Crippen LogP contribution in [0.3, 0.4) is 0 Å². The number of hydrogen-bond donors (Lipinski definition) is 1. The lowest BCUT2D eigenvalue weighted by Gasteiger charge is -2.31. The lowest BCUT2D eigenvalue weighted by molar-refractivity contribution is 0.0653. The van der Waals surface area contributed by atoms with Crippen molar-refractivity contribution in [3.05, 3.63) is 65.2 Å².